The van der Waals surface area contributed by atoms with Crippen molar-refractivity contribution in [3.05, 3.63) is 17.0 Å². The van der Waals surface area contributed by atoms with Crippen molar-refractivity contribution in [3.63, 3.8) is 0 Å². The first-order chi connectivity index (χ1) is 8.95. The van der Waals surface area contributed by atoms with Crippen LogP contribution in [0.4, 0.5) is 0 Å². The van der Waals surface area contributed by atoms with Gasteiger partial charge in [0.25, 0.3) is 10.0 Å². The Morgan fingerprint density at radius 3 is 2.53 bits per heavy atom. The Morgan fingerprint density at radius 2 is 1.95 bits per heavy atom. The second-order valence-electron chi connectivity index (χ2n) is 5.28. The fraction of sp³-hybridized carbons (Fsp3) is 0.692. The van der Waals surface area contributed by atoms with Crippen LogP contribution in [0.25, 0.3) is 0 Å². The maximum absolute atomic E-state index is 12.5. The number of sulfonamides is 1. The fourth-order valence-electron chi connectivity index (χ4n) is 2.24. The van der Waals surface area contributed by atoms with Crippen molar-refractivity contribution < 1.29 is 8.42 Å². The molecule has 2 heterocycles. The number of rotatable bonds is 5. The van der Waals surface area contributed by atoms with Crippen LogP contribution < -0.4 is 5.32 Å². The van der Waals surface area contributed by atoms with Gasteiger partial charge in [0.2, 0.25) is 0 Å². The largest absolute Gasteiger partial charge is 0.312 e. The van der Waals surface area contributed by atoms with Crippen LogP contribution >= 0.6 is 11.3 Å². The Labute approximate surface area is 119 Å². The van der Waals surface area contributed by atoms with Crippen LogP contribution in [0.3, 0.4) is 0 Å². The minimum absolute atomic E-state index is 0.441. The molecule has 2 unspecified atom stereocenters. The molecule has 1 aromatic rings. The summed E-state index contributed by atoms with van der Waals surface area (Å²) in [5, 5.41) is 3.21. The molecule has 2 atom stereocenters. The number of hydrogen-bond acceptors (Lipinski definition) is 4. The zero-order valence-corrected chi connectivity index (χ0v) is 13.4. The summed E-state index contributed by atoms with van der Waals surface area (Å²) < 4.78 is 27.2. The van der Waals surface area contributed by atoms with Crippen LogP contribution in [0.15, 0.2) is 16.3 Å². The minimum atomic E-state index is -3.28. The molecule has 0 saturated carbocycles. The molecule has 0 amide bonds. The number of thiophene rings is 1. The Bertz CT molecular complexity index is 515. The summed E-state index contributed by atoms with van der Waals surface area (Å²) in [6, 6.07) is 3.64. The third-order valence-electron chi connectivity index (χ3n) is 3.74. The van der Waals surface area contributed by atoms with Crippen molar-refractivity contribution in [2.45, 2.75) is 31.5 Å². The highest BCUT2D eigenvalue weighted by Gasteiger charge is 2.35. The Hall–Kier alpha value is -0.430. The molecule has 0 bridgehead atoms. The fourth-order valence-corrected chi connectivity index (χ4v) is 5.36. The molecule has 0 aromatic carbocycles. The summed E-state index contributed by atoms with van der Waals surface area (Å²) in [5.74, 6) is 0.881. The van der Waals surface area contributed by atoms with E-state index in [1.54, 1.807) is 10.4 Å². The predicted octanol–water partition coefficient (Wildman–Crippen LogP) is 2.13. The van der Waals surface area contributed by atoms with Crippen molar-refractivity contribution >= 4 is 21.4 Å². The molecule has 0 spiro atoms. The van der Waals surface area contributed by atoms with Gasteiger partial charge in [-0.3, -0.25) is 0 Å². The van der Waals surface area contributed by atoms with Gasteiger partial charge in [0.05, 0.1) is 0 Å². The molecule has 1 aliphatic heterocycles. The Morgan fingerprint density at radius 1 is 1.32 bits per heavy atom. The van der Waals surface area contributed by atoms with Crippen molar-refractivity contribution in [3.8, 4) is 0 Å². The van der Waals surface area contributed by atoms with E-state index in [1.807, 2.05) is 13.0 Å². The Balaban J connectivity index is 2.14. The van der Waals surface area contributed by atoms with E-state index in [2.05, 4.69) is 19.2 Å². The maximum Gasteiger partial charge on any atom is 0.252 e. The van der Waals surface area contributed by atoms with Gasteiger partial charge >= 0.3 is 0 Å². The lowest BCUT2D eigenvalue weighted by atomic mass is 10.0. The molecule has 19 heavy (non-hydrogen) atoms. The molecular weight excluding hydrogens is 280 g/mol. The molecule has 0 aliphatic carbocycles. The number of nitrogens with one attached hydrogen (secondary N) is 1. The summed E-state index contributed by atoms with van der Waals surface area (Å²) in [4.78, 5) is 1.07. The highest BCUT2D eigenvalue weighted by Crippen LogP contribution is 2.31. The summed E-state index contributed by atoms with van der Waals surface area (Å²) in [7, 11) is -3.28. The molecule has 1 aliphatic rings. The van der Waals surface area contributed by atoms with Gasteiger partial charge in [-0.05, 0) is 30.5 Å². The standard InChI is InChI=1S/C13H22N2O2S2/c1-4-14-7-12-5-6-13(18-12)19(16,17)15-8-10(2)11(3)9-15/h5-6,10-11,14H,4,7-9H2,1-3H3. The first-order valence-electron chi connectivity index (χ1n) is 6.74. The van der Waals surface area contributed by atoms with Gasteiger partial charge in [0, 0.05) is 24.5 Å². The molecule has 108 valence electrons. The van der Waals surface area contributed by atoms with E-state index >= 15 is 0 Å². The lowest BCUT2D eigenvalue weighted by Crippen LogP contribution is -2.28. The van der Waals surface area contributed by atoms with E-state index in [9.17, 15) is 8.42 Å². The van der Waals surface area contributed by atoms with Crippen LogP contribution in [0.2, 0.25) is 0 Å². The van der Waals surface area contributed by atoms with Gasteiger partial charge in [0.15, 0.2) is 0 Å². The van der Waals surface area contributed by atoms with E-state index in [0.29, 0.717) is 29.1 Å². The van der Waals surface area contributed by atoms with Gasteiger partial charge in [0.1, 0.15) is 4.21 Å². The van der Waals surface area contributed by atoms with E-state index < -0.39 is 10.0 Å². The van der Waals surface area contributed by atoms with E-state index in [-0.39, 0.29) is 0 Å². The normalized spacial score (nSPS) is 25.0. The monoisotopic (exact) mass is 302 g/mol. The molecule has 2 rings (SSSR count). The molecule has 1 aromatic heterocycles. The lowest BCUT2D eigenvalue weighted by Gasteiger charge is -2.14. The quantitative estimate of drug-likeness (QED) is 0.906. The summed E-state index contributed by atoms with van der Waals surface area (Å²) >= 11 is 1.38. The molecule has 1 saturated heterocycles. The highest BCUT2D eigenvalue weighted by molar-refractivity contribution is 7.91. The highest BCUT2D eigenvalue weighted by atomic mass is 32.2. The second kappa shape index (κ2) is 5.91. The zero-order chi connectivity index (χ0) is 14.0. The number of hydrogen-bond donors (Lipinski definition) is 1. The van der Waals surface area contributed by atoms with Crippen molar-refractivity contribution in [1.82, 2.24) is 9.62 Å². The third-order valence-corrected chi connectivity index (χ3v) is 7.12. The van der Waals surface area contributed by atoms with Gasteiger partial charge in [-0.2, -0.15) is 4.31 Å². The molecule has 1 fully saturated rings. The average Bonchev–Trinajstić information content (AvgIpc) is 2.95. The predicted molar refractivity (Wildman–Crippen MR) is 78.8 cm³/mol. The summed E-state index contributed by atoms with van der Waals surface area (Å²) in [5.41, 5.74) is 0. The van der Waals surface area contributed by atoms with Gasteiger partial charge in [-0.1, -0.05) is 20.8 Å². The lowest BCUT2D eigenvalue weighted by molar-refractivity contribution is 0.465. The smallest absolute Gasteiger partial charge is 0.252 e. The molecular formula is C13H22N2O2S2. The van der Waals surface area contributed by atoms with Crippen LogP contribution in [-0.4, -0.2) is 32.4 Å². The number of nitrogens with zero attached hydrogens (tertiary/aromatic N) is 1. The third kappa shape index (κ3) is 3.18. The van der Waals surface area contributed by atoms with Crippen molar-refractivity contribution in [2.24, 2.45) is 11.8 Å². The van der Waals surface area contributed by atoms with Gasteiger partial charge in [-0.15, -0.1) is 11.3 Å². The summed E-state index contributed by atoms with van der Waals surface area (Å²) in [6.45, 7) is 9.19. The first kappa shape index (κ1) is 15.0. The van der Waals surface area contributed by atoms with Crippen LogP contribution in [0, 0.1) is 11.8 Å². The minimum Gasteiger partial charge on any atom is -0.312 e. The molecule has 6 heteroatoms. The molecule has 4 nitrogen and oxygen atoms in total. The Kier molecular flexibility index (Phi) is 4.66. The first-order valence-corrected chi connectivity index (χ1v) is 9.00. The SMILES string of the molecule is CCNCc1ccc(S(=O)(=O)N2CC(C)C(C)C2)s1. The van der Waals surface area contributed by atoms with Crippen LogP contribution in [-0.2, 0) is 16.6 Å². The van der Waals surface area contributed by atoms with Crippen LogP contribution in [0.5, 0.6) is 0 Å². The van der Waals surface area contributed by atoms with Crippen molar-refractivity contribution in [1.29, 1.82) is 0 Å². The van der Waals surface area contributed by atoms with Crippen LogP contribution in [0.1, 0.15) is 25.6 Å². The van der Waals surface area contributed by atoms with Gasteiger partial charge in [-0.25, -0.2) is 8.42 Å². The maximum atomic E-state index is 12.5. The van der Waals surface area contributed by atoms with Crippen molar-refractivity contribution in [2.75, 3.05) is 19.6 Å². The molecule has 0 radical (unpaired) electrons. The topological polar surface area (TPSA) is 49.4 Å². The van der Waals surface area contributed by atoms with E-state index in [4.69, 9.17) is 0 Å². The average molecular weight is 302 g/mol. The van der Waals surface area contributed by atoms with Gasteiger partial charge < -0.3 is 5.32 Å². The molecule has 1 N–H and O–H groups in total. The second-order valence-corrected chi connectivity index (χ2v) is 8.61. The zero-order valence-electron chi connectivity index (χ0n) is 11.7. The summed E-state index contributed by atoms with van der Waals surface area (Å²) in [6.07, 6.45) is 0. The van der Waals surface area contributed by atoms with E-state index in [1.165, 1.54) is 11.3 Å². The van der Waals surface area contributed by atoms with E-state index in [0.717, 1.165) is 18.0 Å².